The molecule has 1 aromatic carbocycles. The first-order valence-corrected chi connectivity index (χ1v) is 6.21. The van der Waals surface area contributed by atoms with Crippen LogP contribution in [0.4, 0.5) is 5.82 Å². The van der Waals surface area contributed by atoms with E-state index in [9.17, 15) is 0 Å². The quantitative estimate of drug-likeness (QED) is 0.782. The Morgan fingerprint density at radius 2 is 2.00 bits per heavy atom. The lowest BCUT2D eigenvalue weighted by molar-refractivity contribution is 0.939. The van der Waals surface area contributed by atoms with Crippen molar-refractivity contribution in [1.29, 1.82) is 0 Å². The number of nitrogens with zero attached hydrogens (tertiary/aromatic N) is 3. The molecule has 0 fully saturated rings. The molecule has 0 atom stereocenters. The van der Waals surface area contributed by atoms with E-state index in [1.807, 2.05) is 19.2 Å². The summed E-state index contributed by atoms with van der Waals surface area (Å²) in [4.78, 5) is 10.8. The van der Waals surface area contributed by atoms with Crippen LogP contribution in [0.25, 0.3) is 10.9 Å². The van der Waals surface area contributed by atoms with Crippen LogP contribution in [0.1, 0.15) is 19.4 Å². The van der Waals surface area contributed by atoms with E-state index in [4.69, 9.17) is 11.6 Å². The summed E-state index contributed by atoms with van der Waals surface area (Å²) in [5.41, 5.74) is 2.17. The molecule has 1 aromatic heterocycles. The van der Waals surface area contributed by atoms with Gasteiger partial charge in [0.25, 0.3) is 0 Å². The fourth-order valence-electron chi connectivity index (χ4n) is 1.89. The maximum Gasteiger partial charge on any atom is 0.224 e. The molecule has 0 radical (unpaired) electrons. The van der Waals surface area contributed by atoms with Gasteiger partial charge >= 0.3 is 0 Å². The first kappa shape index (κ1) is 12.1. The van der Waals surface area contributed by atoms with Gasteiger partial charge in [-0.05, 0) is 36.6 Å². The number of rotatable bonds is 3. The van der Waals surface area contributed by atoms with E-state index in [0.29, 0.717) is 5.28 Å². The van der Waals surface area contributed by atoms with E-state index < -0.39 is 0 Å². The maximum absolute atomic E-state index is 6.00. The summed E-state index contributed by atoms with van der Waals surface area (Å²) in [6.45, 7) is 5.10. The van der Waals surface area contributed by atoms with Crippen molar-refractivity contribution >= 4 is 28.3 Å². The molecule has 3 nitrogen and oxygen atoms in total. The van der Waals surface area contributed by atoms with Crippen molar-refractivity contribution in [2.75, 3.05) is 18.5 Å². The van der Waals surface area contributed by atoms with Gasteiger partial charge in [0.2, 0.25) is 5.28 Å². The first-order valence-electron chi connectivity index (χ1n) is 5.83. The molecule has 0 spiro atoms. The predicted molar refractivity (Wildman–Crippen MR) is 72.9 cm³/mol. The summed E-state index contributed by atoms with van der Waals surface area (Å²) in [7, 11) is 2.01. The van der Waals surface area contributed by atoms with Crippen molar-refractivity contribution in [1.82, 2.24) is 9.97 Å². The molecule has 0 saturated heterocycles. The predicted octanol–water partition coefficient (Wildman–Crippen LogP) is 3.30. The Morgan fingerprint density at radius 3 is 2.65 bits per heavy atom. The smallest absolute Gasteiger partial charge is 0.224 e. The number of hydrogen-bond donors (Lipinski definition) is 0. The molecular weight excluding hydrogens is 234 g/mol. The molecule has 0 bridgehead atoms. The van der Waals surface area contributed by atoms with E-state index in [1.165, 1.54) is 5.56 Å². The van der Waals surface area contributed by atoms with Gasteiger partial charge in [0, 0.05) is 19.0 Å². The first-order chi connectivity index (χ1) is 8.17. The second-order valence-corrected chi connectivity index (χ2v) is 4.34. The minimum absolute atomic E-state index is 0.314. The molecule has 0 saturated carbocycles. The van der Waals surface area contributed by atoms with Gasteiger partial charge in [-0.2, -0.15) is 4.98 Å². The molecule has 2 rings (SSSR count). The number of aromatic nitrogens is 2. The molecule has 0 aliphatic rings. The Balaban J connectivity index is 2.76. The molecule has 0 unspecified atom stereocenters. The summed E-state index contributed by atoms with van der Waals surface area (Å²) >= 11 is 6.00. The number of hydrogen-bond acceptors (Lipinski definition) is 3. The zero-order valence-corrected chi connectivity index (χ0v) is 11.1. The van der Waals surface area contributed by atoms with Crippen LogP contribution in [0.5, 0.6) is 0 Å². The molecule has 1 heterocycles. The highest BCUT2D eigenvalue weighted by atomic mass is 35.5. The van der Waals surface area contributed by atoms with Crippen molar-refractivity contribution in [2.24, 2.45) is 0 Å². The number of fused-ring (bicyclic) bond motifs is 1. The van der Waals surface area contributed by atoms with Crippen molar-refractivity contribution in [2.45, 2.75) is 20.3 Å². The Bertz CT molecular complexity index is 539. The highest BCUT2D eigenvalue weighted by Crippen LogP contribution is 2.27. The Hall–Kier alpha value is -1.35. The van der Waals surface area contributed by atoms with Crippen molar-refractivity contribution in [3.05, 3.63) is 29.0 Å². The van der Waals surface area contributed by atoms with Gasteiger partial charge in [0.15, 0.2) is 0 Å². The van der Waals surface area contributed by atoms with Crippen molar-refractivity contribution < 1.29 is 0 Å². The maximum atomic E-state index is 6.00. The second kappa shape index (κ2) is 4.88. The molecule has 0 N–H and O–H groups in total. The summed E-state index contributed by atoms with van der Waals surface area (Å²) in [5, 5.41) is 1.38. The monoisotopic (exact) mass is 249 g/mol. The van der Waals surface area contributed by atoms with Crippen LogP contribution < -0.4 is 4.90 Å². The standard InChI is InChI=1S/C13H16ClN3/c1-4-9-7-6-8-10-11(9)15-13(14)16-12(10)17(3)5-2/h6-8H,4-5H2,1-3H3. The highest BCUT2D eigenvalue weighted by Gasteiger charge is 2.11. The number of halogens is 1. The van der Waals surface area contributed by atoms with E-state index in [-0.39, 0.29) is 0 Å². The van der Waals surface area contributed by atoms with Crippen LogP contribution in [0.2, 0.25) is 5.28 Å². The van der Waals surface area contributed by atoms with Crippen LogP contribution in [-0.2, 0) is 6.42 Å². The summed E-state index contributed by atoms with van der Waals surface area (Å²) in [5.74, 6) is 0.901. The summed E-state index contributed by atoms with van der Waals surface area (Å²) in [6, 6.07) is 6.18. The molecule has 0 amide bonds. The Morgan fingerprint density at radius 1 is 1.24 bits per heavy atom. The van der Waals surface area contributed by atoms with E-state index >= 15 is 0 Å². The largest absolute Gasteiger partial charge is 0.359 e. The molecule has 90 valence electrons. The lowest BCUT2D eigenvalue weighted by Crippen LogP contribution is -2.18. The number of aryl methyl sites for hydroxylation is 1. The Kier molecular flexibility index (Phi) is 3.48. The van der Waals surface area contributed by atoms with Gasteiger partial charge in [-0.15, -0.1) is 0 Å². The van der Waals surface area contributed by atoms with Crippen LogP contribution in [0.3, 0.4) is 0 Å². The third kappa shape index (κ3) is 2.20. The van der Waals surface area contributed by atoms with E-state index in [2.05, 4.69) is 34.8 Å². The van der Waals surface area contributed by atoms with Gasteiger partial charge in [0.05, 0.1) is 5.52 Å². The van der Waals surface area contributed by atoms with Gasteiger partial charge in [0.1, 0.15) is 5.82 Å². The normalized spacial score (nSPS) is 10.8. The van der Waals surface area contributed by atoms with Gasteiger partial charge in [-0.3, -0.25) is 0 Å². The third-order valence-electron chi connectivity index (χ3n) is 2.98. The third-order valence-corrected chi connectivity index (χ3v) is 3.15. The second-order valence-electron chi connectivity index (χ2n) is 4.00. The van der Waals surface area contributed by atoms with Crippen LogP contribution in [0, 0.1) is 0 Å². The van der Waals surface area contributed by atoms with Gasteiger partial charge in [-0.25, -0.2) is 4.98 Å². The molecule has 2 aromatic rings. The fourth-order valence-corrected chi connectivity index (χ4v) is 2.06. The average Bonchev–Trinajstić information content (AvgIpc) is 2.36. The summed E-state index contributed by atoms with van der Waals surface area (Å²) in [6.07, 6.45) is 0.944. The molecule has 0 aliphatic heterocycles. The average molecular weight is 250 g/mol. The summed E-state index contributed by atoms with van der Waals surface area (Å²) < 4.78 is 0. The van der Waals surface area contributed by atoms with Gasteiger partial charge < -0.3 is 4.90 Å². The van der Waals surface area contributed by atoms with E-state index in [0.717, 1.165) is 29.7 Å². The topological polar surface area (TPSA) is 29.0 Å². The SMILES string of the molecule is CCc1cccc2c(N(C)CC)nc(Cl)nc12. The minimum atomic E-state index is 0.314. The number of benzene rings is 1. The molecule has 0 aliphatic carbocycles. The lowest BCUT2D eigenvalue weighted by Gasteiger charge is -2.18. The van der Waals surface area contributed by atoms with Crippen LogP contribution in [-0.4, -0.2) is 23.6 Å². The fraction of sp³-hybridized carbons (Fsp3) is 0.385. The Labute approximate surface area is 106 Å². The number of anilines is 1. The van der Waals surface area contributed by atoms with E-state index in [1.54, 1.807) is 0 Å². The molecular formula is C13H16ClN3. The molecule has 4 heteroatoms. The van der Waals surface area contributed by atoms with Crippen molar-refractivity contribution in [3.63, 3.8) is 0 Å². The zero-order chi connectivity index (χ0) is 12.4. The number of para-hydroxylation sites is 1. The lowest BCUT2D eigenvalue weighted by atomic mass is 10.1. The van der Waals surface area contributed by atoms with Crippen LogP contribution >= 0.6 is 11.6 Å². The van der Waals surface area contributed by atoms with Gasteiger partial charge in [-0.1, -0.05) is 19.1 Å². The zero-order valence-electron chi connectivity index (χ0n) is 10.4. The van der Waals surface area contributed by atoms with Crippen molar-refractivity contribution in [3.8, 4) is 0 Å². The minimum Gasteiger partial charge on any atom is -0.359 e. The van der Waals surface area contributed by atoms with Crippen LogP contribution in [0.15, 0.2) is 18.2 Å². The highest BCUT2D eigenvalue weighted by molar-refractivity contribution is 6.28. The molecule has 17 heavy (non-hydrogen) atoms.